The third-order valence-corrected chi connectivity index (χ3v) is 5.69. The van der Waals surface area contributed by atoms with Crippen LogP contribution in [-0.4, -0.2) is 38.1 Å². The summed E-state index contributed by atoms with van der Waals surface area (Å²) in [6.07, 6.45) is 0. The molecule has 3 rings (SSSR count). The molecule has 0 aliphatic carbocycles. The van der Waals surface area contributed by atoms with Crippen molar-refractivity contribution in [2.75, 3.05) is 12.4 Å². The molecule has 12 heteroatoms. The number of aromatic hydroxyl groups is 1. The monoisotopic (exact) mass is 437 g/mol. The summed E-state index contributed by atoms with van der Waals surface area (Å²) < 4.78 is 65.6. The average molecular weight is 437 g/mol. The van der Waals surface area contributed by atoms with Crippen LogP contribution in [0.3, 0.4) is 0 Å². The molecule has 0 radical (unpaired) electrons. The van der Waals surface area contributed by atoms with Crippen molar-refractivity contribution in [1.29, 1.82) is 0 Å². The summed E-state index contributed by atoms with van der Waals surface area (Å²) in [7, 11) is -8.05. The van der Waals surface area contributed by atoms with E-state index in [-0.39, 0.29) is 16.5 Å². The molecule has 152 valence electrons. The van der Waals surface area contributed by atoms with Gasteiger partial charge in [-0.2, -0.15) is 21.9 Å². The van der Waals surface area contributed by atoms with Crippen molar-refractivity contribution in [2.45, 2.75) is 9.79 Å². The fourth-order valence-corrected chi connectivity index (χ4v) is 3.90. The van der Waals surface area contributed by atoms with Crippen molar-refractivity contribution >= 4 is 48.1 Å². The highest BCUT2D eigenvalue weighted by molar-refractivity contribution is 7.86. The van der Waals surface area contributed by atoms with Crippen LogP contribution in [0.15, 0.2) is 68.6 Å². The van der Waals surface area contributed by atoms with Gasteiger partial charge in [0.05, 0.1) is 10.6 Å². The van der Waals surface area contributed by atoms with Crippen molar-refractivity contribution < 1.29 is 31.0 Å². The second-order valence-electron chi connectivity index (χ2n) is 5.88. The Bertz CT molecular complexity index is 1340. The largest absolute Gasteiger partial charge is 0.505 e. The summed E-state index contributed by atoms with van der Waals surface area (Å²) in [6.45, 7) is 0. The molecule has 0 aromatic heterocycles. The van der Waals surface area contributed by atoms with Crippen molar-refractivity contribution in [3.63, 3.8) is 0 Å². The van der Waals surface area contributed by atoms with Crippen LogP contribution in [0.2, 0.25) is 0 Å². The molecule has 0 saturated carbocycles. The third kappa shape index (κ3) is 4.19. The predicted molar refractivity (Wildman–Crippen MR) is 105 cm³/mol. The zero-order valence-electron chi connectivity index (χ0n) is 14.8. The number of azo groups is 1. The molecule has 10 nitrogen and oxygen atoms in total. The second-order valence-corrected chi connectivity index (χ2v) is 8.69. The molecule has 0 bridgehead atoms. The van der Waals surface area contributed by atoms with Gasteiger partial charge in [-0.3, -0.25) is 9.11 Å². The maximum Gasteiger partial charge on any atom is 0.296 e. The van der Waals surface area contributed by atoms with Gasteiger partial charge in [-0.15, -0.1) is 5.11 Å². The normalized spacial score (nSPS) is 12.5. The first-order valence-corrected chi connectivity index (χ1v) is 10.8. The lowest BCUT2D eigenvalue weighted by Gasteiger charge is -2.13. The van der Waals surface area contributed by atoms with Crippen molar-refractivity contribution in [1.82, 2.24) is 0 Å². The summed E-state index contributed by atoms with van der Waals surface area (Å²) >= 11 is 0. The van der Waals surface area contributed by atoms with E-state index >= 15 is 0 Å². The van der Waals surface area contributed by atoms with E-state index in [0.29, 0.717) is 5.69 Å². The van der Waals surface area contributed by atoms with Gasteiger partial charge < -0.3 is 10.4 Å². The summed E-state index contributed by atoms with van der Waals surface area (Å²) in [5.74, 6) is -0.652. The minimum Gasteiger partial charge on any atom is -0.505 e. The Morgan fingerprint density at radius 3 is 2.10 bits per heavy atom. The van der Waals surface area contributed by atoms with E-state index in [2.05, 4.69) is 15.5 Å². The van der Waals surface area contributed by atoms with Crippen LogP contribution in [0, 0.1) is 0 Å². The maximum atomic E-state index is 11.9. The zero-order chi connectivity index (χ0) is 21.4. The van der Waals surface area contributed by atoms with E-state index in [1.54, 1.807) is 30.3 Å². The molecule has 3 aromatic carbocycles. The summed E-state index contributed by atoms with van der Waals surface area (Å²) in [6, 6.07) is 11.2. The summed E-state index contributed by atoms with van der Waals surface area (Å²) in [4.78, 5) is -1.31. The molecular weight excluding hydrogens is 422 g/mol. The van der Waals surface area contributed by atoms with Gasteiger partial charge in [-0.1, -0.05) is 18.2 Å². The second kappa shape index (κ2) is 7.40. The number of nitrogens with one attached hydrogen (secondary N) is 1. The number of hydrogen-bond donors (Lipinski definition) is 4. The van der Waals surface area contributed by atoms with Crippen molar-refractivity contribution in [3.05, 3.63) is 48.5 Å². The molecule has 0 saturated heterocycles. The van der Waals surface area contributed by atoms with Gasteiger partial charge in [0.1, 0.15) is 10.6 Å². The minimum atomic E-state index is -4.87. The van der Waals surface area contributed by atoms with Gasteiger partial charge in [0.15, 0.2) is 5.75 Å². The highest BCUT2D eigenvalue weighted by Gasteiger charge is 2.25. The fourth-order valence-electron chi connectivity index (χ4n) is 2.70. The molecule has 4 N–H and O–H groups in total. The van der Waals surface area contributed by atoms with Gasteiger partial charge in [0.2, 0.25) is 0 Å². The summed E-state index contributed by atoms with van der Waals surface area (Å²) in [5, 5.41) is 20.9. The number of phenols is 1. The van der Waals surface area contributed by atoms with Crippen LogP contribution in [0.5, 0.6) is 5.75 Å². The van der Waals surface area contributed by atoms with Gasteiger partial charge in [0, 0.05) is 18.1 Å². The Kier molecular flexibility index (Phi) is 5.28. The number of phenolic OH excluding ortho intramolecular Hbond substituents is 1. The lowest BCUT2D eigenvalue weighted by Crippen LogP contribution is -2.03. The zero-order valence-corrected chi connectivity index (χ0v) is 16.4. The number of rotatable bonds is 5. The van der Waals surface area contributed by atoms with Gasteiger partial charge in [-0.25, -0.2) is 0 Å². The third-order valence-electron chi connectivity index (χ3n) is 3.99. The van der Waals surface area contributed by atoms with Gasteiger partial charge in [-0.05, 0) is 35.7 Å². The smallest absolute Gasteiger partial charge is 0.296 e. The molecular formula is C17H15N3O7S2. The SMILES string of the molecule is CNc1cc(S(=O)(=O)O)cc2cc(S(=O)(=O)O)c(N=Nc3ccccc3)c(O)c12. The van der Waals surface area contributed by atoms with Crippen LogP contribution in [0.25, 0.3) is 10.8 Å². The summed E-state index contributed by atoms with van der Waals surface area (Å²) in [5.41, 5.74) is -0.0884. The highest BCUT2D eigenvalue weighted by Crippen LogP contribution is 2.45. The molecule has 29 heavy (non-hydrogen) atoms. The van der Waals surface area contributed by atoms with Crippen molar-refractivity contribution in [3.8, 4) is 5.75 Å². The molecule has 0 aliphatic rings. The first-order chi connectivity index (χ1) is 13.5. The van der Waals surface area contributed by atoms with Crippen LogP contribution in [0.1, 0.15) is 0 Å². The van der Waals surface area contributed by atoms with E-state index in [1.165, 1.54) is 7.05 Å². The van der Waals surface area contributed by atoms with E-state index in [1.807, 2.05) is 0 Å². The van der Waals surface area contributed by atoms with E-state index in [0.717, 1.165) is 18.2 Å². The van der Waals surface area contributed by atoms with Crippen LogP contribution >= 0.6 is 0 Å². The average Bonchev–Trinajstić information content (AvgIpc) is 2.65. The molecule has 0 heterocycles. The van der Waals surface area contributed by atoms with Crippen LogP contribution in [0.4, 0.5) is 17.1 Å². The van der Waals surface area contributed by atoms with Gasteiger partial charge in [0.25, 0.3) is 20.2 Å². The molecule has 0 atom stereocenters. The van der Waals surface area contributed by atoms with Crippen molar-refractivity contribution in [2.24, 2.45) is 10.2 Å². The van der Waals surface area contributed by atoms with E-state index < -0.39 is 41.5 Å². The standard InChI is InChI=1S/C17H15N3O7S2/c1-18-13-9-12(28(22,23)24)7-10-8-14(29(25,26)27)16(17(21)15(10)13)20-19-11-5-3-2-4-6-11/h2-9,18,21H,1H3,(H,22,23,24)(H,25,26,27). The minimum absolute atomic E-state index is 0.0225. The number of hydrogen-bond acceptors (Lipinski definition) is 8. The maximum absolute atomic E-state index is 11.9. The number of benzene rings is 3. The van der Waals surface area contributed by atoms with Crippen LogP contribution in [-0.2, 0) is 20.2 Å². The molecule has 0 unspecified atom stereocenters. The molecule has 0 amide bonds. The quantitative estimate of drug-likeness (QED) is 0.348. The Morgan fingerprint density at radius 1 is 0.897 bits per heavy atom. The highest BCUT2D eigenvalue weighted by atomic mass is 32.2. The number of fused-ring (bicyclic) bond motifs is 1. The first-order valence-electron chi connectivity index (χ1n) is 7.95. The lowest BCUT2D eigenvalue weighted by molar-refractivity contribution is 0.472. The molecule has 0 aliphatic heterocycles. The Hall–Kier alpha value is -3.06. The molecule has 0 spiro atoms. The van der Waals surface area contributed by atoms with Crippen LogP contribution < -0.4 is 5.32 Å². The topological polar surface area (TPSA) is 166 Å². The van der Waals surface area contributed by atoms with E-state index in [4.69, 9.17) is 0 Å². The lowest BCUT2D eigenvalue weighted by atomic mass is 10.1. The predicted octanol–water partition coefficient (Wildman–Crippen LogP) is 3.50. The Labute approximate surface area is 166 Å². The number of nitrogens with zero attached hydrogens (tertiary/aromatic N) is 2. The molecule has 3 aromatic rings. The molecule has 0 fully saturated rings. The van der Waals surface area contributed by atoms with Gasteiger partial charge >= 0.3 is 0 Å². The fraction of sp³-hybridized carbons (Fsp3) is 0.0588. The van der Waals surface area contributed by atoms with E-state index in [9.17, 15) is 31.0 Å². The Morgan fingerprint density at radius 2 is 1.55 bits per heavy atom. The number of anilines is 1. The first kappa shape index (κ1) is 20.7. The Balaban J connectivity index is 2.39.